The average Bonchev–Trinajstić information content (AvgIpc) is 2.54. The molecule has 0 aromatic heterocycles. The normalized spacial score (nSPS) is 19.7. The maximum Gasteiger partial charge on any atom is 0.317 e. The lowest BCUT2D eigenvalue weighted by atomic mass is 9.86. The van der Waals surface area contributed by atoms with Gasteiger partial charge in [-0.15, -0.1) is 0 Å². The predicted molar refractivity (Wildman–Crippen MR) is 94.0 cm³/mol. The first-order chi connectivity index (χ1) is 11.2. The van der Waals surface area contributed by atoms with Crippen LogP contribution in [0.2, 0.25) is 0 Å². The third-order valence-corrected chi connectivity index (χ3v) is 4.67. The number of amides is 2. The molecule has 0 radical (unpaired) electrons. The lowest BCUT2D eigenvalue weighted by molar-refractivity contribution is -0.143. The van der Waals surface area contributed by atoms with Gasteiger partial charge in [-0.3, -0.25) is 4.79 Å². The van der Waals surface area contributed by atoms with Crippen LogP contribution in [0.1, 0.15) is 57.7 Å². The van der Waals surface area contributed by atoms with Gasteiger partial charge in [0.05, 0.1) is 12.0 Å². The third kappa shape index (κ3) is 4.49. The van der Waals surface area contributed by atoms with Crippen molar-refractivity contribution in [1.82, 2.24) is 10.2 Å². The van der Waals surface area contributed by atoms with Crippen LogP contribution in [0.5, 0.6) is 0 Å². The fourth-order valence-corrected chi connectivity index (χ4v) is 2.99. The summed E-state index contributed by atoms with van der Waals surface area (Å²) in [5.41, 5.74) is 2.40. The van der Waals surface area contributed by atoms with Crippen molar-refractivity contribution in [3.05, 3.63) is 35.4 Å². The van der Waals surface area contributed by atoms with Crippen LogP contribution in [-0.2, 0) is 10.2 Å². The van der Waals surface area contributed by atoms with E-state index >= 15 is 0 Å². The number of rotatable bonds is 3. The molecule has 1 aliphatic rings. The second kappa shape index (κ2) is 7.24. The third-order valence-electron chi connectivity index (χ3n) is 4.67. The fraction of sp³-hybridized carbons (Fsp3) is 0.579. The first kappa shape index (κ1) is 18.3. The van der Waals surface area contributed by atoms with Crippen molar-refractivity contribution < 1.29 is 14.7 Å². The zero-order valence-electron chi connectivity index (χ0n) is 15.0. The van der Waals surface area contributed by atoms with E-state index in [9.17, 15) is 9.59 Å². The van der Waals surface area contributed by atoms with E-state index in [1.54, 1.807) is 4.90 Å². The van der Waals surface area contributed by atoms with Crippen LogP contribution in [0, 0.1) is 5.92 Å². The minimum absolute atomic E-state index is 0.102. The Morgan fingerprint density at radius 1 is 1.25 bits per heavy atom. The molecular formula is C19H28N2O3. The molecule has 1 aromatic carbocycles. The molecule has 1 aliphatic heterocycles. The molecule has 1 heterocycles. The summed E-state index contributed by atoms with van der Waals surface area (Å²) < 4.78 is 0. The number of carboxylic acids is 1. The number of carbonyl (C=O) groups is 2. The Morgan fingerprint density at radius 2 is 1.88 bits per heavy atom. The molecule has 0 bridgehead atoms. The fourth-order valence-electron chi connectivity index (χ4n) is 2.99. The van der Waals surface area contributed by atoms with Crippen molar-refractivity contribution >= 4 is 12.0 Å². The molecule has 5 nitrogen and oxygen atoms in total. The SMILES string of the molecule is CC(NC(=O)N1CCCC(C(=O)O)C1)c1ccc(C(C)(C)C)cc1. The molecule has 2 atom stereocenters. The van der Waals surface area contributed by atoms with Crippen LogP contribution in [0.3, 0.4) is 0 Å². The summed E-state index contributed by atoms with van der Waals surface area (Å²) in [5.74, 6) is -1.27. The largest absolute Gasteiger partial charge is 0.481 e. The maximum atomic E-state index is 12.4. The molecule has 2 amide bonds. The van der Waals surface area contributed by atoms with Crippen LogP contribution in [0.4, 0.5) is 4.79 Å². The van der Waals surface area contributed by atoms with Crippen LogP contribution < -0.4 is 5.32 Å². The number of carbonyl (C=O) groups excluding carboxylic acids is 1. The summed E-state index contributed by atoms with van der Waals surface area (Å²) in [6, 6.07) is 7.98. The number of hydrogen-bond acceptors (Lipinski definition) is 2. The summed E-state index contributed by atoms with van der Waals surface area (Å²) >= 11 is 0. The van der Waals surface area contributed by atoms with Gasteiger partial charge in [0.2, 0.25) is 0 Å². The number of hydrogen-bond donors (Lipinski definition) is 2. The molecule has 1 aromatic rings. The van der Waals surface area contributed by atoms with E-state index in [0.29, 0.717) is 13.0 Å². The van der Waals surface area contributed by atoms with E-state index in [1.165, 1.54) is 5.56 Å². The van der Waals surface area contributed by atoms with Gasteiger partial charge in [-0.05, 0) is 36.3 Å². The Hall–Kier alpha value is -2.04. The molecular weight excluding hydrogens is 304 g/mol. The van der Waals surface area contributed by atoms with Gasteiger partial charge >= 0.3 is 12.0 Å². The molecule has 2 rings (SSSR count). The zero-order chi connectivity index (χ0) is 17.9. The number of carboxylic acid groups (broad SMARTS) is 1. The van der Waals surface area contributed by atoms with Crippen LogP contribution in [-0.4, -0.2) is 35.1 Å². The molecule has 2 N–H and O–H groups in total. The number of nitrogens with one attached hydrogen (secondary N) is 1. The highest BCUT2D eigenvalue weighted by Gasteiger charge is 2.28. The summed E-state index contributed by atoms with van der Waals surface area (Å²) in [6.07, 6.45) is 1.38. The topological polar surface area (TPSA) is 69.6 Å². The van der Waals surface area contributed by atoms with Crippen LogP contribution >= 0.6 is 0 Å². The highest BCUT2D eigenvalue weighted by atomic mass is 16.4. The Kier molecular flexibility index (Phi) is 5.52. The van der Waals surface area contributed by atoms with Gasteiger partial charge in [-0.2, -0.15) is 0 Å². The number of aliphatic carboxylic acids is 1. The Bertz CT molecular complexity index is 590. The summed E-state index contributed by atoms with van der Waals surface area (Å²) in [6.45, 7) is 9.36. The summed E-state index contributed by atoms with van der Waals surface area (Å²) in [4.78, 5) is 25.1. The summed E-state index contributed by atoms with van der Waals surface area (Å²) in [5, 5.41) is 12.1. The minimum Gasteiger partial charge on any atom is -0.481 e. The molecule has 2 unspecified atom stereocenters. The van der Waals surface area contributed by atoms with Crippen LogP contribution in [0.15, 0.2) is 24.3 Å². The molecule has 1 fully saturated rings. The van der Waals surface area contributed by atoms with Gasteiger partial charge in [0.25, 0.3) is 0 Å². The van der Waals surface area contributed by atoms with E-state index in [4.69, 9.17) is 5.11 Å². The van der Waals surface area contributed by atoms with Gasteiger partial charge in [0, 0.05) is 13.1 Å². The summed E-state index contributed by atoms with van der Waals surface area (Å²) in [7, 11) is 0. The Morgan fingerprint density at radius 3 is 2.42 bits per heavy atom. The smallest absolute Gasteiger partial charge is 0.317 e. The average molecular weight is 332 g/mol. The first-order valence-electron chi connectivity index (χ1n) is 8.57. The van der Waals surface area contributed by atoms with Gasteiger partial charge in [-0.25, -0.2) is 4.79 Å². The van der Waals surface area contributed by atoms with Crippen molar-refractivity contribution in [2.75, 3.05) is 13.1 Å². The highest BCUT2D eigenvalue weighted by molar-refractivity contribution is 5.77. The second-order valence-electron chi connectivity index (χ2n) is 7.67. The van der Waals surface area contributed by atoms with Gasteiger partial charge in [0.1, 0.15) is 0 Å². The van der Waals surface area contributed by atoms with E-state index in [-0.39, 0.29) is 24.0 Å². The standard InChI is InChI=1S/C19H28N2O3/c1-13(14-7-9-16(10-8-14)19(2,3)4)20-18(24)21-11-5-6-15(12-21)17(22)23/h7-10,13,15H,5-6,11-12H2,1-4H3,(H,20,24)(H,22,23). The molecule has 24 heavy (non-hydrogen) atoms. The quantitative estimate of drug-likeness (QED) is 0.889. The number of piperidine rings is 1. The van der Waals surface area contributed by atoms with E-state index < -0.39 is 11.9 Å². The van der Waals surface area contributed by atoms with Gasteiger partial charge < -0.3 is 15.3 Å². The van der Waals surface area contributed by atoms with Crippen molar-refractivity contribution in [2.45, 2.75) is 52.0 Å². The number of benzene rings is 1. The molecule has 132 valence electrons. The monoisotopic (exact) mass is 332 g/mol. The Balaban J connectivity index is 1.97. The number of nitrogens with zero attached hydrogens (tertiary/aromatic N) is 1. The molecule has 0 saturated carbocycles. The van der Waals surface area contributed by atoms with Crippen molar-refractivity contribution in [3.63, 3.8) is 0 Å². The zero-order valence-corrected chi connectivity index (χ0v) is 15.0. The molecule has 5 heteroatoms. The number of likely N-dealkylation sites (tertiary alicyclic amines) is 1. The van der Waals surface area contributed by atoms with E-state index in [0.717, 1.165) is 12.0 Å². The van der Waals surface area contributed by atoms with Crippen molar-refractivity contribution in [1.29, 1.82) is 0 Å². The van der Waals surface area contributed by atoms with E-state index in [1.807, 2.05) is 19.1 Å². The van der Waals surface area contributed by atoms with E-state index in [2.05, 4.69) is 38.2 Å². The van der Waals surface area contributed by atoms with Crippen molar-refractivity contribution in [3.8, 4) is 0 Å². The minimum atomic E-state index is -0.821. The van der Waals surface area contributed by atoms with Crippen LogP contribution in [0.25, 0.3) is 0 Å². The molecule has 0 aliphatic carbocycles. The lowest BCUT2D eigenvalue weighted by Gasteiger charge is -2.32. The first-order valence-corrected chi connectivity index (χ1v) is 8.57. The highest BCUT2D eigenvalue weighted by Crippen LogP contribution is 2.24. The maximum absolute atomic E-state index is 12.4. The van der Waals surface area contributed by atoms with Gasteiger partial charge in [-0.1, -0.05) is 45.0 Å². The number of urea groups is 1. The second-order valence-corrected chi connectivity index (χ2v) is 7.67. The van der Waals surface area contributed by atoms with Crippen molar-refractivity contribution in [2.24, 2.45) is 5.92 Å². The predicted octanol–water partition coefficient (Wildman–Crippen LogP) is 3.55. The lowest BCUT2D eigenvalue weighted by Crippen LogP contribution is -2.47. The molecule has 0 spiro atoms. The Labute approximate surface area is 144 Å². The van der Waals surface area contributed by atoms with Gasteiger partial charge in [0.15, 0.2) is 0 Å². The molecule has 1 saturated heterocycles.